The zero-order valence-electron chi connectivity index (χ0n) is 9.89. The van der Waals surface area contributed by atoms with Gasteiger partial charge in [-0.3, -0.25) is 14.9 Å². The second-order valence-corrected chi connectivity index (χ2v) is 4.63. The average Bonchev–Trinajstić information content (AvgIpc) is 2.26. The second-order valence-electron chi connectivity index (χ2n) is 3.89. The van der Waals surface area contributed by atoms with E-state index in [0.717, 1.165) is 18.2 Å². The molecule has 0 fully saturated rings. The van der Waals surface area contributed by atoms with Crippen molar-refractivity contribution in [3.05, 3.63) is 39.7 Å². The van der Waals surface area contributed by atoms with Crippen LogP contribution >= 0.6 is 11.6 Å². The van der Waals surface area contributed by atoms with Crippen LogP contribution in [0.4, 0.5) is 10.1 Å². The van der Waals surface area contributed by atoms with Gasteiger partial charge >= 0.3 is 0 Å². The maximum Gasteiger partial charge on any atom is 0.285 e. The molecule has 0 aliphatic rings. The molecule has 0 aliphatic carbocycles. The molecule has 0 saturated heterocycles. The lowest BCUT2D eigenvalue weighted by atomic mass is 10.1. The van der Waals surface area contributed by atoms with Crippen molar-refractivity contribution in [3.63, 3.8) is 0 Å². The van der Waals surface area contributed by atoms with E-state index in [0.29, 0.717) is 0 Å². The first-order valence-electron chi connectivity index (χ1n) is 5.16. The molecule has 1 aromatic rings. The van der Waals surface area contributed by atoms with Crippen LogP contribution in [0.5, 0.6) is 0 Å². The van der Waals surface area contributed by atoms with Gasteiger partial charge in [-0.2, -0.15) is 0 Å². The van der Waals surface area contributed by atoms with Gasteiger partial charge in [-0.25, -0.2) is 4.39 Å². The van der Waals surface area contributed by atoms with Gasteiger partial charge in [0.1, 0.15) is 11.4 Å². The van der Waals surface area contributed by atoms with Crippen LogP contribution < -0.4 is 0 Å². The third-order valence-corrected chi connectivity index (χ3v) is 2.40. The largest absolute Gasteiger partial charge is 0.340 e. The summed E-state index contributed by atoms with van der Waals surface area (Å²) in [6.07, 6.45) is 0. The van der Waals surface area contributed by atoms with Gasteiger partial charge in [-0.05, 0) is 19.1 Å². The van der Waals surface area contributed by atoms with Crippen molar-refractivity contribution in [1.29, 1.82) is 0 Å². The number of amides is 1. The first-order valence-corrected chi connectivity index (χ1v) is 5.60. The number of carbonyl (C=O) groups excluding carboxylic acids is 1. The zero-order chi connectivity index (χ0) is 13.9. The van der Waals surface area contributed by atoms with Crippen LogP contribution in [0, 0.1) is 15.9 Å². The minimum absolute atomic E-state index is 0.152. The predicted octanol–water partition coefficient (Wildman–Crippen LogP) is 2.43. The molecule has 0 spiro atoms. The van der Waals surface area contributed by atoms with Crippen LogP contribution in [-0.4, -0.2) is 34.7 Å². The fourth-order valence-electron chi connectivity index (χ4n) is 1.50. The molecule has 0 saturated carbocycles. The smallest absolute Gasteiger partial charge is 0.285 e. The molecule has 18 heavy (non-hydrogen) atoms. The molecule has 5 nitrogen and oxygen atoms in total. The van der Waals surface area contributed by atoms with Gasteiger partial charge in [-0.15, -0.1) is 11.6 Å². The number of nitro groups is 1. The molecular formula is C11H12ClFN2O3. The van der Waals surface area contributed by atoms with E-state index in [4.69, 9.17) is 11.6 Å². The molecule has 0 aliphatic heterocycles. The Morgan fingerprint density at radius 3 is 2.72 bits per heavy atom. The molecule has 1 atom stereocenters. The molecule has 0 aromatic heterocycles. The fourth-order valence-corrected chi connectivity index (χ4v) is 1.71. The lowest BCUT2D eigenvalue weighted by Crippen LogP contribution is -2.31. The van der Waals surface area contributed by atoms with Crippen molar-refractivity contribution < 1.29 is 14.1 Å². The quantitative estimate of drug-likeness (QED) is 0.481. The molecule has 98 valence electrons. The Balaban J connectivity index is 3.09. The van der Waals surface area contributed by atoms with Gasteiger partial charge < -0.3 is 4.90 Å². The molecule has 0 heterocycles. The number of rotatable bonds is 4. The van der Waals surface area contributed by atoms with E-state index in [1.165, 1.54) is 11.9 Å². The lowest BCUT2D eigenvalue weighted by Gasteiger charge is -2.18. The fraction of sp³-hybridized carbons (Fsp3) is 0.364. The summed E-state index contributed by atoms with van der Waals surface area (Å²) in [5.74, 6) is -1.32. The van der Waals surface area contributed by atoms with Crippen molar-refractivity contribution in [2.45, 2.75) is 12.3 Å². The Bertz CT molecular complexity index is 479. The Morgan fingerprint density at radius 1 is 1.61 bits per heavy atom. The molecular weight excluding hydrogens is 263 g/mol. The Labute approximate surface area is 108 Å². The van der Waals surface area contributed by atoms with Gasteiger partial charge in [0.05, 0.1) is 11.0 Å². The minimum atomic E-state index is -0.783. The lowest BCUT2D eigenvalue weighted by molar-refractivity contribution is -0.385. The average molecular weight is 275 g/mol. The summed E-state index contributed by atoms with van der Waals surface area (Å²) < 4.78 is 12.9. The maximum atomic E-state index is 12.9. The van der Waals surface area contributed by atoms with Crippen molar-refractivity contribution in [2.24, 2.45) is 0 Å². The van der Waals surface area contributed by atoms with E-state index in [-0.39, 0.29) is 17.5 Å². The number of carbonyl (C=O) groups is 1. The molecule has 1 amide bonds. The highest BCUT2D eigenvalue weighted by Crippen LogP contribution is 2.21. The summed E-state index contributed by atoms with van der Waals surface area (Å²) in [5.41, 5.74) is -0.699. The number of hydrogen-bond acceptors (Lipinski definition) is 3. The Hall–Kier alpha value is -1.69. The van der Waals surface area contributed by atoms with Gasteiger partial charge in [-0.1, -0.05) is 0 Å². The number of alkyl halides is 1. The SMILES string of the molecule is CC(Cl)CN(C)C(=O)c1ccc(F)cc1[N+](=O)[O-]. The number of nitrogens with zero attached hydrogens (tertiary/aromatic N) is 2. The number of benzene rings is 1. The van der Waals surface area contributed by atoms with Gasteiger partial charge in [0.2, 0.25) is 0 Å². The summed E-state index contributed by atoms with van der Waals surface area (Å²) in [7, 11) is 1.48. The summed E-state index contributed by atoms with van der Waals surface area (Å²) in [6.45, 7) is 1.94. The zero-order valence-corrected chi connectivity index (χ0v) is 10.6. The summed E-state index contributed by atoms with van der Waals surface area (Å²) in [5, 5.41) is 10.5. The Kier molecular flexibility index (Phi) is 4.61. The van der Waals surface area contributed by atoms with E-state index in [1.807, 2.05) is 0 Å². The van der Waals surface area contributed by atoms with E-state index in [2.05, 4.69) is 0 Å². The van der Waals surface area contributed by atoms with Crippen molar-refractivity contribution in [3.8, 4) is 0 Å². The molecule has 1 rings (SSSR count). The predicted molar refractivity (Wildman–Crippen MR) is 65.3 cm³/mol. The molecule has 0 bridgehead atoms. The molecule has 1 aromatic carbocycles. The van der Waals surface area contributed by atoms with Crippen LogP contribution in [0.1, 0.15) is 17.3 Å². The maximum absolute atomic E-state index is 12.9. The van der Waals surface area contributed by atoms with Crippen LogP contribution in [0.3, 0.4) is 0 Å². The van der Waals surface area contributed by atoms with Gasteiger partial charge in [0.25, 0.3) is 11.6 Å². The summed E-state index contributed by atoms with van der Waals surface area (Å²) in [4.78, 5) is 23.2. The van der Waals surface area contributed by atoms with Gasteiger partial charge in [0, 0.05) is 19.0 Å². The van der Waals surface area contributed by atoms with E-state index >= 15 is 0 Å². The first-order chi connectivity index (χ1) is 8.32. The van der Waals surface area contributed by atoms with Crippen LogP contribution in [0.25, 0.3) is 0 Å². The summed E-state index contributed by atoms with van der Waals surface area (Å²) in [6, 6.07) is 2.84. The highest BCUT2D eigenvalue weighted by atomic mass is 35.5. The van der Waals surface area contributed by atoms with Gasteiger partial charge in [0.15, 0.2) is 0 Å². The first kappa shape index (κ1) is 14.4. The van der Waals surface area contributed by atoms with Crippen molar-refractivity contribution in [1.82, 2.24) is 4.90 Å². The number of hydrogen-bond donors (Lipinski definition) is 0. The van der Waals surface area contributed by atoms with E-state index in [1.54, 1.807) is 6.92 Å². The molecule has 0 radical (unpaired) electrons. The molecule has 0 N–H and O–H groups in total. The monoisotopic (exact) mass is 274 g/mol. The standard InChI is InChI=1S/C11H12ClFN2O3/c1-7(12)6-14(2)11(16)9-4-3-8(13)5-10(9)15(17)18/h3-5,7H,6H2,1-2H3. The third kappa shape index (κ3) is 3.40. The summed E-state index contributed by atoms with van der Waals surface area (Å²) >= 11 is 5.74. The van der Waals surface area contributed by atoms with Crippen molar-refractivity contribution in [2.75, 3.05) is 13.6 Å². The van der Waals surface area contributed by atoms with E-state index in [9.17, 15) is 19.3 Å². The van der Waals surface area contributed by atoms with E-state index < -0.39 is 22.3 Å². The highest BCUT2D eigenvalue weighted by Gasteiger charge is 2.23. The number of nitro benzene ring substituents is 1. The van der Waals surface area contributed by atoms with Crippen LogP contribution in [-0.2, 0) is 0 Å². The molecule has 1 unspecified atom stereocenters. The van der Waals surface area contributed by atoms with Crippen molar-refractivity contribution >= 4 is 23.2 Å². The topological polar surface area (TPSA) is 63.5 Å². The second kappa shape index (κ2) is 5.77. The third-order valence-electron chi connectivity index (χ3n) is 2.26. The normalized spacial score (nSPS) is 12.0. The van der Waals surface area contributed by atoms with Crippen LogP contribution in [0.15, 0.2) is 18.2 Å². The minimum Gasteiger partial charge on any atom is -0.340 e. The Morgan fingerprint density at radius 2 is 2.22 bits per heavy atom. The highest BCUT2D eigenvalue weighted by molar-refractivity contribution is 6.20. The van der Waals surface area contributed by atoms with Crippen LogP contribution in [0.2, 0.25) is 0 Å². The number of halogens is 2. The molecule has 7 heteroatoms.